The van der Waals surface area contributed by atoms with Crippen LogP contribution in [0.25, 0.3) is 55.8 Å². The Bertz CT molecular complexity index is 2500. The number of rotatable bonds is 4. The van der Waals surface area contributed by atoms with Gasteiger partial charge in [-0.2, -0.15) is 0 Å². The average molecular weight is 625 g/mol. The predicted octanol–water partition coefficient (Wildman–Crippen LogP) is 10.3. The van der Waals surface area contributed by atoms with E-state index in [2.05, 4.69) is 167 Å². The van der Waals surface area contributed by atoms with Gasteiger partial charge in [0.25, 0.3) is 0 Å². The molecule has 228 valence electrons. The van der Waals surface area contributed by atoms with Crippen molar-refractivity contribution in [2.24, 2.45) is 0 Å². The third-order valence-electron chi connectivity index (χ3n) is 9.83. The van der Waals surface area contributed by atoms with E-state index in [1.165, 1.54) is 39.1 Å². The van der Waals surface area contributed by atoms with E-state index in [4.69, 9.17) is 9.97 Å². The molecular formula is C44H29BN4. The van der Waals surface area contributed by atoms with Crippen LogP contribution in [0.1, 0.15) is 0 Å². The van der Waals surface area contributed by atoms with Gasteiger partial charge in [0.05, 0.1) is 11.2 Å². The van der Waals surface area contributed by atoms with Crippen molar-refractivity contribution >= 4 is 46.1 Å². The topological polar surface area (TPSA) is 32.3 Å². The van der Waals surface area contributed by atoms with Crippen molar-refractivity contribution in [2.45, 2.75) is 0 Å². The summed E-state index contributed by atoms with van der Waals surface area (Å²) in [5.41, 5.74) is 14.8. The fourth-order valence-electron chi connectivity index (χ4n) is 7.72. The summed E-state index contributed by atoms with van der Waals surface area (Å²) in [6, 6.07) is 62.6. The van der Waals surface area contributed by atoms with Crippen LogP contribution in [0.4, 0.5) is 22.7 Å². The van der Waals surface area contributed by atoms with Crippen LogP contribution in [0, 0.1) is 0 Å². The summed E-state index contributed by atoms with van der Waals surface area (Å²) in [4.78, 5) is 15.4. The fourth-order valence-corrected chi connectivity index (χ4v) is 7.72. The van der Waals surface area contributed by atoms with Gasteiger partial charge < -0.3 is 9.62 Å². The molecule has 4 nitrogen and oxygen atoms in total. The van der Waals surface area contributed by atoms with E-state index in [9.17, 15) is 0 Å². The smallest absolute Gasteiger partial charge is 0.361 e. The lowest BCUT2D eigenvalue weighted by Gasteiger charge is -2.47. The molecule has 7 aromatic carbocycles. The van der Waals surface area contributed by atoms with Crippen LogP contribution in [0.2, 0.25) is 0 Å². The molecule has 8 aromatic rings. The van der Waals surface area contributed by atoms with Crippen LogP contribution in [0.5, 0.6) is 0 Å². The van der Waals surface area contributed by atoms with Gasteiger partial charge in [0, 0.05) is 50.4 Å². The molecule has 0 N–H and O–H groups in total. The average Bonchev–Trinajstić information content (AvgIpc) is 3.18. The highest BCUT2D eigenvalue weighted by Gasteiger charge is 2.46. The first-order valence-corrected chi connectivity index (χ1v) is 16.7. The molecule has 0 unspecified atom stereocenters. The lowest BCUT2D eigenvalue weighted by atomic mass is 9.53. The first-order valence-electron chi connectivity index (χ1n) is 16.7. The quantitative estimate of drug-likeness (QED) is 0.183. The zero-order valence-corrected chi connectivity index (χ0v) is 26.6. The monoisotopic (exact) mass is 624 g/mol. The van der Waals surface area contributed by atoms with Crippen molar-refractivity contribution < 1.29 is 0 Å². The Morgan fingerprint density at radius 1 is 0.408 bits per heavy atom. The first-order chi connectivity index (χ1) is 24.3. The van der Waals surface area contributed by atoms with Crippen LogP contribution < -0.4 is 15.1 Å². The molecule has 0 amide bonds. The van der Waals surface area contributed by atoms with Crippen LogP contribution in [0.3, 0.4) is 0 Å². The fraction of sp³-hybridized carbons (Fsp3) is 0. The molecule has 0 bridgehead atoms. The number of aromatic nitrogens is 2. The Morgan fingerprint density at radius 3 is 1.59 bits per heavy atom. The van der Waals surface area contributed by atoms with Gasteiger partial charge in [-0.15, -0.1) is 0 Å². The minimum Gasteiger partial charge on any atom is -0.361 e. The van der Waals surface area contributed by atoms with E-state index in [1.54, 1.807) is 0 Å². The minimum absolute atomic E-state index is 0.138. The summed E-state index contributed by atoms with van der Waals surface area (Å²) >= 11 is 0. The van der Waals surface area contributed by atoms with Gasteiger partial charge in [-0.1, -0.05) is 133 Å². The number of hydrogen-bond acceptors (Lipinski definition) is 4. The van der Waals surface area contributed by atoms with Crippen molar-refractivity contribution in [3.8, 4) is 44.9 Å². The number of nitrogens with zero attached hydrogens (tertiary/aromatic N) is 4. The van der Waals surface area contributed by atoms with Crippen molar-refractivity contribution in [1.29, 1.82) is 0 Å². The lowest BCUT2D eigenvalue weighted by Crippen LogP contribution is -2.61. The highest BCUT2D eigenvalue weighted by Crippen LogP contribution is 2.49. The van der Waals surface area contributed by atoms with E-state index in [1.807, 2.05) is 18.2 Å². The van der Waals surface area contributed by atoms with Crippen molar-refractivity contribution in [2.75, 3.05) is 9.62 Å². The third-order valence-corrected chi connectivity index (χ3v) is 9.83. The summed E-state index contributed by atoms with van der Waals surface area (Å²) in [6.45, 7) is -0.138. The predicted molar refractivity (Wildman–Crippen MR) is 204 cm³/mol. The van der Waals surface area contributed by atoms with Crippen molar-refractivity contribution in [3.05, 3.63) is 176 Å². The Labute approximate surface area is 285 Å². The zero-order chi connectivity index (χ0) is 32.3. The Hall–Kier alpha value is -6.46. The maximum absolute atomic E-state index is 5.22. The highest BCUT2D eigenvalue weighted by molar-refractivity contribution is 6.86. The molecular weight excluding hydrogens is 595 g/mol. The molecule has 10 rings (SSSR count). The first kappa shape index (κ1) is 27.6. The van der Waals surface area contributed by atoms with Crippen LogP contribution in [-0.2, 0) is 0 Å². The lowest BCUT2D eigenvalue weighted by molar-refractivity contribution is 1.22. The molecule has 0 aliphatic carbocycles. The van der Waals surface area contributed by atoms with Gasteiger partial charge in [-0.3, -0.25) is 0 Å². The molecule has 0 atom stereocenters. The SMILES string of the molecule is c1ccc(-c2nc(-c3ccccc3)c3cc(N4B5c6c(cccc6-c6ccccc64)-c4ccccc4N5c4ccccc4)ccc3n2)cc1. The summed E-state index contributed by atoms with van der Waals surface area (Å²) in [5.74, 6) is 0.723. The van der Waals surface area contributed by atoms with E-state index >= 15 is 0 Å². The highest BCUT2D eigenvalue weighted by atomic mass is 15.2. The summed E-state index contributed by atoms with van der Waals surface area (Å²) in [5, 5.41) is 1.02. The Kier molecular flexibility index (Phi) is 6.24. The molecule has 5 heteroatoms. The van der Waals surface area contributed by atoms with Gasteiger partial charge in [0.2, 0.25) is 0 Å². The molecule has 49 heavy (non-hydrogen) atoms. The molecule has 0 saturated heterocycles. The van der Waals surface area contributed by atoms with Crippen LogP contribution in [0.15, 0.2) is 176 Å². The second-order valence-electron chi connectivity index (χ2n) is 12.6. The van der Waals surface area contributed by atoms with Gasteiger partial charge in [-0.05, 0) is 59.1 Å². The summed E-state index contributed by atoms with van der Waals surface area (Å²) in [6.07, 6.45) is 0. The number of para-hydroxylation sites is 3. The molecule has 2 aliphatic heterocycles. The number of fused-ring (bicyclic) bond motifs is 5. The van der Waals surface area contributed by atoms with Gasteiger partial charge >= 0.3 is 6.98 Å². The number of benzene rings is 7. The van der Waals surface area contributed by atoms with E-state index in [0.29, 0.717) is 0 Å². The molecule has 1 aromatic heterocycles. The van der Waals surface area contributed by atoms with Crippen LogP contribution >= 0.6 is 0 Å². The molecule has 0 spiro atoms. The molecule has 2 aliphatic rings. The third kappa shape index (κ3) is 4.33. The van der Waals surface area contributed by atoms with Gasteiger partial charge in [0.15, 0.2) is 5.82 Å². The number of anilines is 4. The van der Waals surface area contributed by atoms with Crippen LogP contribution in [-0.4, -0.2) is 17.0 Å². The molecule has 0 saturated carbocycles. The Morgan fingerprint density at radius 2 is 0.939 bits per heavy atom. The van der Waals surface area contributed by atoms with E-state index < -0.39 is 0 Å². The standard InChI is InChI=1S/C44H29BN4/c1-4-15-30(16-5-1)43-38-29-33(27-28-39(38)46-44(47-43)31-17-6-2-7-18-31)49-41-26-13-11-22-35(41)37-24-14-23-36-34-21-10-12-25-40(34)48(45(49)42(36)37)32-19-8-3-9-20-32/h1-29H. The largest absolute Gasteiger partial charge is 0.421 e. The van der Waals surface area contributed by atoms with Crippen molar-refractivity contribution in [1.82, 2.24) is 9.97 Å². The van der Waals surface area contributed by atoms with E-state index in [-0.39, 0.29) is 6.98 Å². The molecule has 0 fully saturated rings. The van der Waals surface area contributed by atoms with E-state index in [0.717, 1.165) is 44.9 Å². The maximum atomic E-state index is 5.22. The summed E-state index contributed by atoms with van der Waals surface area (Å²) in [7, 11) is 0. The number of hydrogen-bond donors (Lipinski definition) is 0. The Balaban J connectivity index is 1.26. The summed E-state index contributed by atoms with van der Waals surface area (Å²) < 4.78 is 0. The normalized spacial score (nSPS) is 12.8. The second kappa shape index (κ2) is 11.1. The molecule has 0 radical (unpaired) electrons. The molecule has 3 heterocycles. The van der Waals surface area contributed by atoms with Gasteiger partial charge in [0.1, 0.15) is 0 Å². The zero-order valence-electron chi connectivity index (χ0n) is 26.6. The van der Waals surface area contributed by atoms with Gasteiger partial charge in [-0.25, -0.2) is 9.97 Å². The second-order valence-corrected chi connectivity index (χ2v) is 12.6. The van der Waals surface area contributed by atoms with Crippen molar-refractivity contribution in [3.63, 3.8) is 0 Å². The minimum atomic E-state index is -0.138. The maximum Gasteiger partial charge on any atom is 0.421 e.